The largest absolute Gasteiger partial charge is 0.318 e. The molecule has 0 aromatic heterocycles. The van der Waals surface area contributed by atoms with E-state index >= 15 is 0 Å². The number of nitrogens with one attached hydrogen (secondary N) is 2. The zero-order valence-electron chi connectivity index (χ0n) is 9.35. The summed E-state index contributed by atoms with van der Waals surface area (Å²) in [6.45, 7) is 7.28. The topological polar surface area (TPSA) is 24.1 Å². The molecular weight excluding hydrogens is 172 g/mol. The van der Waals surface area contributed by atoms with E-state index < -0.39 is 0 Å². The van der Waals surface area contributed by atoms with E-state index in [4.69, 9.17) is 0 Å². The minimum absolute atomic E-state index is 0.962. The summed E-state index contributed by atoms with van der Waals surface area (Å²) in [5.74, 6) is 0. The van der Waals surface area contributed by atoms with Crippen molar-refractivity contribution in [2.45, 2.75) is 20.4 Å². The standard InChI is InChI=1S/C12H20N2/c1-10-6-11(2)8-12(7-10)9-14-5-4-13-3/h6-8,13-14H,4-5,9H2,1-3H3. The number of aryl methyl sites for hydroxylation is 2. The highest BCUT2D eigenvalue weighted by molar-refractivity contribution is 5.28. The fourth-order valence-corrected chi connectivity index (χ4v) is 1.62. The normalized spacial score (nSPS) is 10.5. The molecule has 1 rings (SSSR count). The second kappa shape index (κ2) is 5.78. The second-order valence-corrected chi connectivity index (χ2v) is 3.78. The Morgan fingerprint density at radius 3 is 2.21 bits per heavy atom. The molecule has 0 saturated carbocycles. The van der Waals surface area contributed by atoms with Gasteiger partial charge in [-0.2, -0.15) is 0 Å². The lowest BCUT2D eigenvalue weighted by Gasteiger charge is -2.06. The molecule has 0 aliphatic rings. The highest BCUT2D eigenvalue weighted by atomic mass is 14.9. The molecule has 14 heavy (non-hydrogen) atoms. The number of hydrogen-bond donors (Lipinski definition) is 2. The first-order chi connectivity index (χ1) is 6.72. The summed E-state index contributed by atoms with van der Waals surface area (Å²) in [6.07, 6.45) is 0. The van der Waals surface area contributed by atoms with Gasteiger partial charge in [0.15, 0.2) is 0 Å². The molecule has 1 aromatic carbocycles. The van der Waals surface area contributed by atoms with E-state index in [0.717, 1.165) is 19.6 Å². The van der Waals surface area contributed by atoms with Gasteiger partial charge < -0.3 is 10.6 Å². The third-order valence-electron chi connectivity index (χ3n) is 2.16. The van der Waals surface area contributed by atoms with Crippen LogP contribution in [0.1, 0.15) is 16.7 Å². The molecule has 0 spiro atoms. The van der Waals surface area contributed by atoms with E-state index in [0.29, 0.717) is 0 Å². The van der Waals surface area contributed by atoms with Crippen molar-refractivity contribution in [2.75, 3.05) is 20.1 Å². The van der Waals surface area contributed by atoms with Gasteiger partial charge in [-0.25, -0.2) is 0 Å². The van der Waals surface area contributed by atoms with Gasteiger partial charge in [-0.15, -0.1) is 0 Å². The Morgan fingerprint density at radius 2 is 1.64 bits per heavy atom. The first-order valence-corrected chi connectivity index (χ1v) is 5.15. The number of hydrogen-bond acceptors (Lipinski definition) is 2. The lowest BCUT2D eigenvalue weighted by molar-refractivity contribution is 0.650. The van der Waals surface area contributed by atoms with Crippen molar-refractivity contribution in [1.82, 2.24) is 10.6 Å². The Morgan fingerprint density at radius 1 is 1.00 bits per heavy atom. The average Bonchev–Trinajstić information content (AvgIpc) is 2.11. The molecule has 0 aliphatic heterocycles. The highest BCUT2D eigenvalue weighted by Crippen LogP contribution is 2.08. The maximum Gasteiger partial charge on any atom is 0.0206 e. The predicted octanol–water partition coefficient (Wildman–Crippen LogP) is 1.61. The van der Waals surface area contributed by atoms with Crippen LogP contribution in [-0.2, 0) is 6.54 Å². The number of likely N-dealkylation sites (N-methyl/N-ethyl adjacent to an activating group) is 1. The summed E-state index contributed by atoms with van der Waals surface area (Å²) in [7, 11) is 1.97. The molecule has 0 heterocycles. The molecule has 0 radical (unpaired) electrons. The molecule has 0 aliphatic carbocycles. The van der Waals surface area contributed by atoms with Crippen LogP contribution in [0.25, 0.3) is 0 Å². The Bertz CT molecular complexity index is 261. The lowest BCUT2D eigenvalue weighted by atomic mass is 10.1. The Balaban J connectivity index is 2.42. The predicted molar refractivity (Wildman–Crippen MR) is 61.5 cm³/mol. The maximum atomic E-state index is 3.39. The second-order valence-electron chi connectivity index (χ2n) is 3.78. The van der Waals surface area contributed by atoms with Crippen molar-refractivity contribution < 1.29 is 0 Å². The van der Waals surface area contributed by atoms with E-state index in [-0.39, 0.29) is 0 Å². The molecule has 0 bridgehead atoms. The molecule has 2 N–H and O–H groups in total. The Labute approximate surface area is 86.7 Å². The van der Waals surface area contributed by atoms with Gasteiger partial charge in [0.2, 0.25) is 0 Å². The lowest BCUT2D eigenvalue weighted by Crippen LogP contribution is -2.24. The third-order valence-corrected chi connectivity index (χ3v) is 2.16. The van der Waals surface area contributed by atoms with Crippen molar-refractivity contribution in [2.24, 2.45) is 0 Å². The van der Waals surface area contributed by atoms with Crippen LogP contribution in [0.2, 0.25) is 0 Å². The van der Waals surface area contributed by atoms with E-state index in [1.54, 1.807) is 0 Å². The van der Waals surface area contributed by atoms with Crippen molar-refractivity contribution in [3.05, 3.63) is 34.9 Å². The minimum Gasteiger partial charge on any atom is -0.318 e. The summed E-state index contributed by atoms with van der Waals surface area (Å²) < 4.78 is 0. The fourth-order valence-electron chi connectivity index (χ4n) is 1.62. The molecular formula is C12H20N2. The van der Waals surface area contributed by atoms with E-state index in [1.807, 2.05) is 7.05 Å². The summed E-state index contributed by atoms with van der Waals surface area (Å²) in [5, 5.41) is 6.51. The van der Waals surface area contributed by atoms with Gasteiger partial charge >= 0.3 is 0 Å². The first kappa shape index (κ1) is 11.2. The molecule has 78 valence electrons. The maximum absolute atomic E-state index is 3.39. The van der Waals surface area contributed by atoms with Crippen LogP contribution in [0.15, 0.2) is 18.2 Å². The molecule has 0 unspecified atom stereocenters. The van der Waals surface area contributed by atoms with E-state index in [1.165, 1.54) is 16.7 Å². The van der Waals surface area contributed by atoms with Crippen LogP contribution >= 0.6 is 0 Å². The monoisotopic (exact) mass is 192 g/mol. The van der Waals surface area contributed by atoms with Crippen molar-refractivity contribution in [1.29, 1.82) is 0 Å². The molecule has 0 fully saturated rings. The van der Waals surface area contributed by atoms with Gasteiger partial charge in [-0.3, -0.25) is 0 Å². The van der Waals surface area contributed by atoms with Crippen LogP contribution < -0.4 is 10.6 Å². The highest BCUT2D eigenvalue weighted by Gasteiger charge is 1.94. The average molecular weight is 192 g/mol. The van der Waals surface area contributed by atoms with E-state index in [2.05, 4.69) is 42.7 Å². The summed E-state index contributed by atoms with van der Waals surface area (Å²) in [6, 6.07) is 6.68. The van der Waals surface area contributed by atoms with Crippen LogP contribution in [0.5, 0.6) is 0 Å². The Kier molecular flexibility index (Phi) is 4.63. The smallest absolute Gasteiger partial charge is 0.0206 e. The van der Waals surface area contributed by atoms with Crippen LogP contribution in [0.3, 0.4) is 0 Å². The minimum atomic E-state index is 0.962. The van der Waals surface area contributed by atoms with Crippen molar-refractivity contribution in [3.63, 3.8) is 0 Å². The molecule has 0 atom stereocenters. The number of rotatable bonds is 5. The summed E-state index contributed by atoms with van der Waals surface area (Å²) in [5.41, 5.74) is 4.06. The molecule has 2 heteroatoms. The zero-order chi connectivity index (χ0) is 10.4. The van der Waals surface area contributed by atoms with Gasteiger partial charge in [0, 0.05) is 19.6 Å². The molecule has 0 saturated heterocycles. The third kappa shape index (κ3) is 3.90. The Hall–Kier alpha value is -0.860. The van der Waals surface area contributed by atoms with Crippen molar-refractivity contribution >= 4 is 0 Å². The van der Waals surface area contributed by atoms with Crippen molar-refractivity contribution in [3.8, 4) is 0 Å². The molecule has 1 aromatic rings. The van der Waals surface area contributed by atoms with Crippen LogP contribution in [0, 0.1) is 13.8 Å². The number of benzene rings is 1. The van der Waals surface area contributed by atoms with Gasteiger partial charge in [0.1, 0.15) is 0 Å². The van der Waals surface area contributed by atoms with Crippen LogP contribution in [0.4, 0.5) is 0 Å². The van der Waals surface area contributed by atoms with Gasteiger partial charge in [0.05, 0.1) is 0 Å². The molecule has 0 amide bonds. The summed E-state index contributed by atoms with van der Waals surface area (Å²) >= 11 is 0. The van der Waals surface area contributed by atoms with Gasteiger partial charge in [0.25, 0.3) is 0 Å². The van der Waals surface area contributed by atoms with Crippen LogP contribution in [-0.4, -0.2) is 20.1 Å². The SMILES string of the molecule is CNCCNCc1cc(C)cc(C)c1. The molecule has 2 nitrogen and oxygen atoms in total. The van der Waals surface area contributed by atoms with E-state index in [9.17, 15) is 0 Å². The van der Waals surface area contributed by atoms with Gasteiger partial charge in [-0.05, 0) is 26.5 Å². The van der Waals surface area contributed by atoms with Gasteiger partial charge in [-0.1, -0.05) is 29.3 Å². The first-order valence-electron chi connectivity index (χ1n) is 5.15. The zero-order valence-corrected chi connectivity index (χ0v) is 9.35. The quantitative estimate of drug-likeness (QED) is 0.693. The fraction of sp³-hybridized carbons (Fsp3) is 0.500. The summed E-state index contributed by atoms with van der Waals surface area (Å²) in [4.78, 5) is 0.